The minimum absolute atomic E-state index is 0.843. The van der Waals surface area contributed by atoms with Crippen molar-refractivity contribution in [3.63, 3.8) is 0 Å². The maximum atomic E-state index is 5.82. The van der Waals surface area contributed by atoms with Crippen LogP contribution in [-0.2, 0) is 6.42 Å². The van der Waals surface area contributed by atoms with E-state index >= 15 is 0 Å². The molecule has 0 bridgehead atoms. The number of hydrogen-bond donors (Lipinski definition) is 1. The van der Waals surface area contributed by atoms with Crippen LogP contribution < -0.4 is 5.32 Å². The summed E-state index contributed by atoms with van der Waals surface area (Å²) in [5.41, 5.74) is 1.71. The summed E-state index contributed by atoms with van der Waals surface area (Å²) < 4.78 is 0.843. The molecule has 0 saturated carbocycles. The lowest BCUT2D eigenvalue weighted by molar-refractivity contribution is 1.01. The van der Waals surface area contributed by atoms with Gasteiger partial charge in [-0.2, -0.15) is 0 Å². The topological polar surface area (TPSA) is 37.8 Å². The van der Waals surface area contributed by atoms with E-state index in [4.69, 9.17) is 11.6 Å². The van der Waals surface area contributed by atoms with Crippen molar-refractivity contribution < 1.29 is 0 Å². The first-order valence-corrected chi connectivity index (χ1v) is 6.16. The molecule has 0 atom stereocenters. The lowest BCUT2D eigenvalue weighted by atomic mass is 10.3. The molecular formula is C8H8ClN3S2. The maximum absolute atomic E-state index is 5.82. The Balaban J connectivity index is 1.78. The summed E-state index contributed by atoms with van der Waals surface area (Å²) in [4.78, 5) is 1.28. The second-order valence-electron chi connectivity index (χ2n) is 2.63. The van der Waals surface area contributed by atoms with E-state index in [0.29, 0.717) is 0 Å². The van der Waals surface area contributed by atoms with Gasteiger partial charge in [-0.3, -0.25) is 0 Å². The van der Waals surface area contributed by atoms with Crippen LogP contribution in [0, 0.1) is 0 Å². The maximum Gasteiger partial charge on any atom is 0.205 e. The van der Waals surface area contributed by atoms with E-state index < -0.39 is 0 Å². The molecule has 0 unspecified atom stereocenters. The fourth-order valence-electron chi connectivity index (χ4n) is 1.03. The van der Waals surface area contributed by atoms with Crippen LogP contribution in [0.2, 0.25) is 4.34 Å². The fourth-order valence-corrected chi connectivity index (χ4v) is 2.59. The minimum Gasteiger partial charge on any atom is -0.360 e. The Labute approximate surface area is 94.8 Å². The lowest BCUT2D eigenvalue weighted by Gasteiger charge is -1.98. The van der Waals surface area contributed by atoms with Gasteiger partial charge in [0.15, 0.2) is 0 Å². The van der Waals surface area contributed by atoms with Gasteiger partial charge in [0.25, 0.3) is 0 Å². The van der Waals surface area contributed by atoms with Gasteiger partial charge in [0.2, 0.25) is 5.13 Å². The van der Waals surface area contributed by atoms with Gasteiger partial charge in [0.05, 0.1) is 4.34 Å². The van der Waals surface area contributed by atoms with Crippen molar-refractivity contribution in [2.45, 2.75) is 6.42 Å². The van der Waals surface area contributed by atoms with Crippen molar-refractivity contribution >= 4 is 39.4 Å². The van der Waals surface area contributed by atoms with E-state index in [-0.39, 0.29) is 0 Å². The lowest BCUT2D eigenvalue weighted by Crippen LogP contribution is -2.03. The first kappa shape index (κ1) is 9.89. The van der Waals surface area contributed by atoms with E-state index in [1.165, 1.54) is 16.2 Å². The Bertz CT molecular complexity index is 385. The van der Waals surface area contributed by atoms with Crippen LogP contribution in [0.1, 0.15) is 4.88 Å². The highest BCUT2D eigenvalue weighted by Crippen LogP contribution is 2.21. The molecule has 0 aromatic carbocycles. The van der Waals surface area contributed by atoms with Crippen LogP contribution in [0.3, 0.4) is 0 Å². The highest BCUT2D eigenvalue weighted by Gasteiger charge is 1.98. The summed E-state index contributed by atoms with van der Waals surface area (Å²) in [5.74, 6) is 0. The van der Waals surface area contributed by atoms with Crippen molar-refractivity contribution in [3.05, 3.63) is 26.9 Å². The standard InChI is InChI=1S/C8H8ClN3S2/c9-7-2-1-6(14-7)3-4-10-8-12-11-5-13-8/h1-2,5H,3-4H2,(H,10,12). The molecule has 2 aromatic heterocycles. The van der Waals surface area contributed by atoms with E-state index in [2.05, 4.69) is 21.6 Å². The normalized spacial score (nSPS) is 10.4. The Kier molecular flexibility index (Phi) is 3.34. The van der Waals surface area contributed by atoms with Crippen molar-refractivity contribution in [1.82, 2.24) is 10.2 Å². The molecule has 1 N–H and O–H groups in total. The third-order valence-electron chi connectivity index (χ3n) is 1.64. The highest BCUT2D eigenvalue weighted by atomic mass is 35.5. The van der Waals surface area contributed by atoms with Gasteiger partial charge in [-0.05, 0) is 18.6 Å². The minimum atomic E-state index is 0.843. The number of halogens is 1. The van der Waals surface area contributed by atoms with E-state index in [1.807, 2.05) is 6.07 Å². The summed E-state index contributed by atoms with van der Waals surface area (Å²) in [6.45, 7) is 0.867. The van der Waals surface area contributed by atoms with Crippen LogP contribution in [-0.4, -0.2) is 16.7 Å². The molecule has 0 radical (unpaired) electrons. The van der Waals surface area contributed by atoms with Gasteiger partial charge >= 0.3 is 0 Å². The molecule has 0 saturated heterocycles. The molecule has 0 amide bonds. The van der Waals surface area contributed by atoms with E-state index in [9.17, 15) is 0 Å². The number of rotatable bonds is 4. The van der Waals surface area contributed by atoms with Gasteiger partial charge in [-0.15, -0.1) is 21.5 Å². The van der Waals surface area contributed by atoms with Crippen molar-refractivity contribution in [3.8, 4) is 0 Å². The molecule has 6 heteroatoms. The highest BCUT2D eigenvalue weighted by molar-refractivity contribution is 7.16. The summed E-state index contributed by atoms with van der Waals surface area (Å²) in [7, 11) is 0. The van der Waals surface area contributed by atoms with Crippen LogP contribution in [0.15, 0.2) is 17.6 Å². The Morgan fingerprint density at radius 3 is 3.00 bits per heavy atom. The van der Waals surface area contributed by atoms with Crippen molar-refractivity contribution in [1.29, 1.82) is 0 Å². The molecule has 14 heavy (non-hydrogen) atoms. The number of nitrogens with one attached hydrogen (secondary N) is 1. The summed E-state index contributed by atoms with van der Waals surface area (Å²) in [6, 6.07) is 3.97. The predicted molar refractivity (Wildman–Crippen MR) is 61.4 cm³/mol. The zero-order chi connectivity index (χ0) is 9.80. The average Bonchev–Trinajstić information content (AvgIpc) is 2.77. The molecule has 0 aliphatic rings. The SMILES string of the molecule is Clc1ccc(CCNc2nncs2)s1. The second kappa shape index (κ2) is 4.72. The third kappa shape index (κ3) is 2.67. The number of aromatic nitrogens is 2. The summed E-state index contributed by atoms with van der Waals surface area (Å²) >= 11 is 8.94. The molecular weight excluding hydrogens is 238 g/mol. The van der Waals surface area contributed by atoms with Crippen LogP contribution >= 0.6 is 34.3 Å². The third-order valence-corrected chi connectivity index (χ3v) is 3.58. The second-order valence-corrected chi connectivity index (χ2v) is 5.26. The van der Waals surface area contributed by atoms with Crippen LogP contribution in [0.5, 0.6) is 0 Å². The van der Waals surface area contributed by atoms with Gasteiger partial charge in [0, 0.05) is 11.4 Å². The molecule has 0 aliphatic carbocycles. The van der Waals surface area contributed by atoms with Crippen molar-refractivity contribution in [2.75, 3.05) is 11.9 Å². The molecule has 0 spiro atoms. The smallest absolute Gasteiger partial charge is 0.205 e. The van der Waals surface area contributed by atoms with Gasteiger partial charge < -0.3 is 5.32 Å². The predicted octanol–water partition coefficient (Wildman–Crippen LogP) is 2.91. The molecule has 0 aliphatic heterocycles. The Hall–Kier alpha value is -0.650. The van der Waals surface area contributed by atoms with Gasteiger partial charge in [-0.25, -0.2) is 0 Å². The Morgan fingerprint density at radius 1 is 1.43 bits per heavy atom. The largest absolute Gasteiger partial charge is 0.360 e. The zero-order valence-electron chi connectivity index (χ0n) is 7.24. The van der Waals surface area contributed by atoms with E-state index in [0.717, 1.165) is 22.4 Å². The Morgan fingerprint density at radius 2 is 2.36 bits per heavy atom. The van der Waals surface area contributed by atoms with Gasteiger partial charge in [-0.1, -0.05) is 22.9 Å². The molecule has 0 fully saturated rings. The molecule has 74 valence electrons. The fraction of sp³-hybridized carbons (Fsp3) is 0.250. The van der Waals surface area contributed by atoms with E-state index in [1.54, 1.807) is 16.8 Å². The number of thiophene rings is 1. The molecule has 3 nitrogen and oxygen atoms in total. The van der Waals surface area contributed by atoms with Crippen LogP contribution in [0.25, 0.3) is 0 Å². The molecule has 2 aromatic rings. The number of hydrogen-bond acceptors (Lipinski definition) is 5. The molecule has 2 rings (SSSR count). The van der Waals surface area contributed by atoms with Crippen LogP contribution in [0.4, 0.5) is 5.13 Å². The quantitative estimate of drug-likeness (QED) is 0.900. The molecule has 2 heterocycles. The number of nitrogens with zero attached hydrogens (tertiary/aromatic N) is 2. The summed E-state index contributed by atoms with van der Waals surface area (Å²) in [6.07, 6.45) is 0.969. The number of anilines is 1. The monoisotopic (exact) mass is 245 g/mol. The first-order valence-electron chi connectivity index (χ1n) is 4.09. The summed E-state index contributed by atoms with van der Waals surface area (Å²) in [5, 5.41) is 11.7. The van der Waals surface area contributed by atoms with Gasteiger partial charge in [0.1, 0.15) is 5.51 Å². The average molecular weight is 246 g/mol. The van der Waals surface area contributed by atoms with Crippen molar-refractivity contribution in [2.24, 2.45) is 0 Å². The zero-order valence-corrected chi connectivity index (χ0v) is 9.62. The first-order chi connectivity index (χ1) is 6.84.